The molecule has 0 atom stereocenters. The third-order valence-corrected chi connectivity index (χ3v) is 3.00. The highest BCUT2D eigenvalue weighted by Crippen LogP contribution is 2.13. The van der Waals surface area contributed by atoms with Crippen LogP contribution in [0.3, 0.4) is 0 Å². The molecular weight excluding hydrogens is 232 g/mol. The Kier molecular flexibility index (Phi) is 5.12. The van der Waals surface area contributed by atoms with Crippen LogP contribution in [0.25, 0.3) is 0 Å². The monoisotopic (exact) mass is 254 g/mol. The van der Waals surface area contributed by atoms with Gasteiger partial charge in [-0.05, 0) is 36.4 Å². The highest BCUT2D eigenvalue weighted by Gasteiger charge is 2.19. The molecule has 17 heavy (non-hydrogen) atoms. The summed E-state index contributed by atoms with van der Waals surface area (Å²) in [5, 5.41) is 0. The minimum Gasteiger partial charge on any atom is -0.337 e. The molecule has 3 nitrogen and oxygen atoms in total. The van der Waals surface area contributed by atoms with Crippen LogP contribution >= 0.6 is 11.5 Å². The van der Waals surface area contributed by atoms with E-state index in [1.807, 2.05) is 17.9 Å². The molecule has 0 saturated carbocycles. The lowest BCUT2D eigenvalue weighted by Gasteiger charge is -2.25. The van der Waals surface area contributed by atoms with E-state index in [9.17, 15) is 4.79 Å². The SMILES string of the molecule is Cc1cc(C(=O)N(CC(C)C)CC(C)C)ns1. The van der Waals surface area contributed by atoms with Gasteiger partial charge in [0.25, 0.3) is 5.91 Å². The summed E-state index contributed by atoms with van der Waals surface area (Å²) in [6.07, 6.45) is 0. The van der Waals surface area contributed by atoms with Crippen molar-refractivity contribution in [3.8, 4) is 0 Å². The van der Waals surface area contributed by atoms with E-state index in [2.05, 4.69) is 32.1 Å². The van der Waals surface area contributed by atoms with Gasteiger partial charge in [0, 0.05) is 18.0 Å². The molecule has 1 aromatic heterocycles. The predicted molar refractivity (Wildman–Crippen MR) is 72.4 cm³/mol. The highest BCUT2D eigenvalue weighted by molar-refractivity contribution is 7.05. The first-order chi connectivity index (χ1) is 7.90. The Morgan fingerprint density at radius 2 is 1.82 bits per heavy atom. The van der Waals surface area contributed by atoms with Gasteiger partial charge in [-0.1, -0.05) is 27.7 Å². The van der Waals surface area contributed by atoms with Crippen LogP contribution in [0.4, 0.5) is 0 Å². The molecule has 0 fully saturated rings. The standard InChI is InChI=1S/C13H22N2OS/c1-9(2)7-15(8-10(3)4)13(16)12-6-11(5)17-14-12/h6,9-10H,7-8H2,1-5H3. The van der Waals surface area contributed by atoms with Crippen LogP contribution in [0, 0.1) is 18.8 Å². The molecule has 96 valence electrons. The first-order valence-corrected chi connectivity index (χ1v) is 6.90. The second-order valence-electron chi connectivity index (χ2n) is 5.32. The Balaban J connectivity index is 2.78. The van der Waals surface area contributed by atoms with E-state index in [1.54, 1.807) is 0 Å². The molecule has 0 saturated heterocycles. The number of hydrogen-bond donors (Lipinski definition) is 0. The van der Waals surface area contributed by atoms with Crippen LogP contribution < -0.4 is 0 Å². The number of hydrogen-bond acceptors (Lipinski definition) is 3. The van der Waals surface area contributed by atoms with E-state index in [4.69, 9.17) is 0 Å². The Morgan fingerprint density at radius 1 is 1.29 bits per heavy atom. The Hall–Kier alpha value is -0.900. The lowest BCUT2D eigenvalue weighted by Crippen LogP contribution is -2.37. The van der Waals surface area contributed by atoms with Crippen molar-refractivity contribution in [2.75, 3.05) is 13.1 Å². The summed E-state index contributed by atoms with van der Waals surface area (Å²) in [5.74, 6) is 1.03. The summed E-state index contributed by atoms with van der Waals surface area (Å²) in [6.45, 7) is 12.1. The van der Waals surface area contributed by atoms with Crippen molar-refractivity contribution in [3.05, 3.63) is 16.6 Å². The highest BCUT2D eigenvalue weighted by atomic mass is 32.1. The second-order valence-corrected chi connectivity index (χ2v) is 6.33. The zero-order valence-electron chi connectivity index (χ0n) is 11.4. The molecule has 1 amide bonds. The molecule has 0 spiro atoms. The van der Waals surface area contributed by atoms with Crippen molar-refractivity contribution in [2.24, 2.45) is 11.8 Å². The van der Waals surface area contributed by atoms with E-state index in [0.29, 0.717) is 17.5 Å². The lowest BCUT2D eigenvalue weighted by atomic mass is 10.1. The molecule has 0 N–H and O–H groups in total. The average Bonchev–Trinajstić information content (AvgIpc) is 2.61. The van der Waals surface area contributed by atoms with Gasteiger partial charge in [-0.2, -0.15) is 4.37 Å². The van der Waals surface area contributed by atoms with Gasteiger partial charge >= 0.3 is 0 Å². The summed E-state index contributed by atoms with van der Waals surface area (Å²) in [6, 6.07) is 1.88. The Labute approximate surface area is 108 Å². The van der Waals surface area contributed by atoms with Gasteiger partial charge in [0.15, 0.2) is 0 Å². The first-order valence-electron chi connectivity index (χ1n) is 6.12. The number of rotatable bonds is 5. The fourth-order valence-electron chi connectivity index (χ4n) is 1.75. The van der Waals surface area contributed by atoms with E-state index >= 15 is 0 Å². The van der Waals surface area contributed by atoms with E-state index < -0.39 is 0 Å². The van der Waals surface area contributed by atoms with Crippen molar-refractivity contribution in [1.29, 1.82) is 0 Å². The number of carbonyl (C=O) groups excluding carboxylic acids is 1. The maximum atomic E-state index is 12.3. The average molecular weight is 254 g/mol. The van der Waals surface area contributed by atoms with Crippen LogP contribution in [0.1, 0.15) is 43.1 Å². The maximum Gasteiger partial charge on any atom is 0.273 e. The van der Waals surface area contributed by atoms with Gasteiger partial charge in [0.05, 0.1) is 0 Å². The van der Waals surface area contributed by atoms with E-state index in [0.717, 1.165) is 18.0 Å². The van der Waals surface area contributed by atoms with Crippen LogP contribution in [-0.2, 0) is 0 Å². The number of aryl methyl sites for hydroxylation is 1. The smallest absolute Gasteiger partial charge is 0.273 e. The molecular formula is C13H22N2OS. The summed E-state index contributed by atoms with van der Waals surface area (Å²) in [7, 11) is 0. The molecule has 0 radical (unpaired) electrons. The number of aromatic nitrogens is 1. The van der Waals surface area contributed by atoms with Gasteiger partial charge in [0.1, 0.15) is 5.69 Å². The zero-order chi connectivity index (χ0) is 13.0. The normalized spacial score (nSPS) is 11.2. The number of carbonyl (C=O) groups is 1. The van der Waals surface area contributed by atoms with E-state index in [1.165, 1.54) is 11.5 Å². The first kappa shape index (κ1) is 14.2. The largest absolute Gasteiger partial charge is 0.337 e. The van der Waals surface area contributed by atoms with Crippen molar-refractivity contribution < 1.29 is 4.79 Å². The van der Waals surface area contributed by atoms with Gasteiger partial charge in [0.2, 0.25) is 0 Å². The van der Waals surface area contributed by atoms with Crippen LogP contribution in [-0.4, -0.2) is 28.3 Å². The van der Waals surface area contributed by atoms with E-state index in [-0.39, 0.29) is 5.91 Å². The van der Waals surface area contributed by atoms with Crippen LogP contribution in [0.15, 0.2) is 6.07 Å². The lowest BCUT2D eigenvalue weighted by molar-refractivity contribution is 0.0710. The third kappa shape index (κ3) is 4.46. The van der Waals surface area contributed by atoms with Gasteiger partial charge in [-0.15, -0.1) is 0 Å². The molecule has 1 heterocycles. The number of nitrogens with zero attached hydrogens (tertiary/aromatic N) is 2. The fourth-order valence-corrected chi connectivity index (χ4v) is 2.29. The summed E-state index contributed by atoms with van der Waals surface area (Å²) < 4.78 is 4.20. The molecule has 1 aromatic rings. The molecule has 0 aliphatic carbocycles. The minimum absolute atomic E-state index is 0.0664. The maximum absolute atomic E-state index is 12.3. The van der Waals surface area contributed by atoms with Crippen molar-refractivity contribution in [2.45, 2.75) is 34.6 Å². The Morgan fingerprint density at radius 3 is 2.18 bits per heavy atom. The molecule has 1 rings (SSSR count). The molecule has 4 heteroatoms. The fraction of sp³-hybridized carbons (Fsp3) is 0.692. The van der Waals surface area contributed by atoms with Crippen LogP contribution in [0.5, 0.6) is 0 Å². The van der Waals surface area contributed by atoms with Gasteiger partial charge in [-0.25, -0.2) is 0 Å². The molecule has 0 unspecified atom stereocenters. The quantitative estimate of drug-likeness (QED) is 0.808. The molecule has 0 aromatic carbocycles. The third-order valence-electron chi connectivity index (χ3n) is 2.31. The summed E-state index contributed by atoms with van der Waals surface area (Å²) >= 11 is 1.39. The summed E-state index contributed by atoms with van der Waals surface area (Å²) in [5.41, 5.74) is 0.591. The zero-order valence-corrected chi connectivity index (χ0v) is 12.2. The Bertz CT molecular complexity index is 361. The van der Waals surface area contributed by atoms with Crippen LogP contribution in [0.2, 0.25) is 0 Å². The summed E-state index contributed by atoms with van der Waals surface area (Å²) in [4.78, 5) is 15.3. The van der Waals surface area contributed by atoms with Crippen molar-refractivity contribution in [1.82, 2.24) is 9.27 Å². The molecule has 0 aliphatic rings. The molecule has 0 bridgehead atoms. The van der Waals surface area contributed by atoms with Crippen molar-refractivity contribution in [3.63, 3.8) is 0 Å². The predicted octanol–water partition coefficient (Wildman–Crippen LogP) is 3.21. The molecule has 0 aliphatic heterocycles. The van der Waals surface area contributed by atoms with Gasteiger partial charge < -0.3 is 4.90 Å². The minimum atomic E-state index is 0.0664. The number of amides is 1. The van der Waals surface area contributed by atoms with Crippen molar-refractivity contribution >= 4 is 17.4 Å². The topological polar surface area (TPSA) is 33.2 Å². The second kappa shape index (κ2) is 6.15. The van der Waals surface area contributed by atoms with Gasteiger partial charge in [-0.3, -0.25) is 4.79 Å².